The third kappa shape index (κ3) is 2.04. The number of aryl methyl sites for hydroxylation is 1. The predicted molar refractivity (Wildman–Crippen MR) is 63.5 cm³/mol. The number of aromatic nitrogens is 1. The summed E-state index contributed by atoms with van der Waals surface area (Å²) in [6, 6.07) is 5.62. The summed E-state index contributed by atoms with van der Waals surface area (Å²) < 4.78 is 5.01. The monoisotopic (exact) mass is 237 g/mol. The van der Waals surface area contributed by atoms with Crippen molar-refractivity contribution in [2.24, 2.45) is 0 Å². The van der Waals surface area contributed by atoms with Gasteiger partial charge in [0.1, 0.15) is 6.61 Å². The van der Waals surface area contributed by atoms with Crippen molar-refractivity contribution >= 4 is 28.5 Å². The largest absolute Gasteiger partial charge is 0.461 e. The lowest BCUT2D eigenvalue weighted by Crippen LogP contribution is -1.99. The molecule has 0 amide bonds. The number of ether oxygens (including phenoxy) is 1. The minimum absolute atomic E-state index is 0.275. The quantitative estimate of drug-likeness (QED) is 0.815. The van der Waals surface area contributed by atoms with Gasteiger partial charge in [-0.15, -0.1) is 0 Å². The molecular formula is C12H12ClNO2. The molecule has 0 saturated carbocycles. The Labute approximate surface area is 98.4 Å². The number of aromatic amines is 1. The topological polar surface area (TPSA) is 42.1 Å². The number of hydrogen-bond acceptors (Lipinski definition) is 2. The second-order valence-electron chi connectivity index (χ2n) is 3.70. The molecule has 0 saturated heterocycles. The Morgan fingerprint density at radius 3 is 2.94 bits per heavy atom. The van der Waals surface area contributed by atoms with Gasteiger partial charge in [-0.1, -0.05) is 17.7 Å². The van der Waals surface area contributed by atoms with Gasteiger partial charge >= 0.3 is 5.97 Å². The molecule has 0 aliphatic heterocycles. The van der Waals surface area contributed by atoms with Crippen LogP contribution in [0.25, 0.3) is 10.9 Å². The summed E-state index contributed by atoms with van der Waals surface area (Å²) in [5.41, 5.74) is 2.97. The molecule has 0 spiro atoms. The molecule has 16 heavy (non-hydrogen) atoms. The third-order valence-electron chi connectivity index (χ3n) is 2.50. The lowest BCUT2D eigenvalue weighted by molar-refractivity contribution is -0.142. The van der Waals surface area contributed by atoms with E-state index in [1.807, 2.05) is 25.1 Å². The average molecular weight is 238 g/mol. The van der Waals surface area contributed by atoms with Crippen molar-refractivity contribution in [3.8, 4) is 0 Å². The number of hydrogen-bond donors (Lipinski definition) is 1. The van der Waals surface area contributed by atoms with Gasteiger partial charge in [-0.3, -0.25) is 4.79 Å². The fourth-order valence-corrected chi connectivity index (χ4v) is 1.89. The molecule has 0 bridgehead atoms. The van der Waals surface area contributed by atoms with Crippen LogP contribution in [0.4, 0.5) is 0 Å². The molecule has 3 nitrogen and oxygen atoms in total. The van der Waals surface area contributed by atoms with E-state index in [0.29, 0.717) is 11.6 Å². The highest BCUT2D eigenvalue weighted by Gasteiger charge is 2.09. The number of benzene rings is 1. The van der Waals surface area contributed by atoms with Crippen LogP contribution in [-0.2, 0) is 16.1 Å². The summed E-state index contributed by atoms with van der Waals surface area (Å²) in [7, 11) is 0. The predicted octanol–water partition coefficient (Wildman–Crippen LogP) is 3.19. The van der Waals surface area contributed by atoms with Gasteiger partial charge in [0.05, 0.1) is 0 Å². The van der Waals surface area contributed by atoms with Crippen LogP contribution >= 0.6 is 11.6 Å². The first-order valence-corrected chi connectivity index (χ1v) is 5.36. The Kier molecular flexibility index (Phi) is 2.88. The molecule has 2 rings (SSSR count). The second kappa shape index (κ2) is 4.18. The Morgan fingerprint density at radius 1 is 1.50 bits per heavy atom. The first-order valence-electron chi connectivity index (χ1n) is 4.98. The average Bonchev–Trinajstić information content (AvgIpc) is 2.50. The first-order chi connectivity index (χ1) is 7.58. The van der Waals surface area contributed by atoms with Crippen LogP contribution in [0.1, 0.15) is 18.2 Å². The SMILES string of the molecule is CC(=O)OCc1c(C)[nH]c2cc(Cl)ccc12. The number of carbonyl (C=O) groups excluding carboxylic acids is 1. The fraction of sp³-hybridized carbons (Fsp3) is 0.250. The van der Waals surface area contributed by atoms with Gasteiger partial charge in [0.25, 0.3) is 0 Å². The minimum Gasteiger partial charge on any atom is -0.461 e. The summed E-state index contributed by atoms with van der Waals surface area (Å²) in [4.78, 5) is 14.0. The molecule has 2 aromatic rings. The number of carbonyl (C=O) groups is 1. The number of esters is 1. The zero-order valence-electron chi connectivity index (χ0n) is 9.13. The van der Waals surface area contributed by atoms with Crippen LogP contribution in [-0.4, -0.2) is 11.0 Å². The fourth-order valence-electron chi connectivity index (χ4n) is 1.72. The van der Waals surface area contributed by atoms with Crippen LogP contribution in [0.5, 0.6) is 0 Å². The molecule has 1 aromatic heterocycles. The Balaban J connectivity index is 2.43. The number of fused-ring (bicyclic) bond motifs is 1. The molecule has 0 aliphatic rings. The van der Waals surface area contributed by atoms with Crippen molar-refractivity contribution in [3.05, 3.63) is 34.5 Å². The van der Waals surface area contributed by atoms with E-state index in [2.05, 4.69) is 4.98 Å². The molecule has 0 radical (unpaired) electrons. The summed E-state index contributed by atoms with van der Waals surface area (Å²) in [5.74, 6) is -0.275. The maximum absolute atomic E-state index is 10.8. The number of rotatable bonds is 2. The summed E-state index contributed by atoms with van der Waals surface area (Å²) in [6.45, 7) is 3.65. The van der Waals surface area contributed by atoms with Crippen LogP contribution < -0.4 is 0 Å². The highest BCUT2D eigenvalue weighted by atomic mass is 35.5. The number of nitrogens with one attached hydrogen (secondary N) is 1. The van der Waals surface area contributed by atoms with Gasteiger partial charge in [-0.2, -0.15) is 0 Å². The van der Waals surface area contributed by atoms with Gasteiger partial charge in [0.15, 0.2) is 0 Å². The van der Waals surface area contributed by atoms with Gasteiger partial charge in [0.2, 0.25) is 0 Å². The van der Waals surface area contributed by atoms with Gasteiger partial charge in [-0.25, -0.2) is 0 Å². The van der Waals surface area contributed by atoms with Crippen LogP contribution in [0.2, 0.25) is 5.02 Å². The van der Waals surface area contributed by atoms with Crippen molar-refractivity contribution in [2.45, 2.75) is 20.5 Å². The Morgan fingerprint density at radius 2 is 2.25 bits per heavy atom. The van der Waals surface area contributed by atoms with E-state index in [1.165, 1.54) is 6.92 Å². The molecule has 0 unspecified atom stereocenters. The highest BCUT2D eigenvalue weighted by Crippen LogP contribution is 2.25. The first kappa shape index (κ1) is 11.0. The molecule has 1 heterocycles. The summed E-state index contributed by atoms with van der Waals surface area (Å²) in [5, 5.41) is 1.73. The zero-order valence-corrected chi connectivity index (χ0v) is 9.89. The molecule has 0 atom stereocenters. The molecular weight excluding hydrogens is 226 g/mol. The van der Waals surface area contributed by atoms with E-state index in [0.717, 1.165) is 22.2 Å². The minimum atomic E-state index is -0.275. The molecule has 4 heteroatoms. The van der Waals surface area contributed by atoms with Crippen LogP contribution in [0.3, 0.4) is 0 Å². The van der Waals surface area contributed by atoms with Crippen LogP contribution in [0, 0.1) is 6.92 Å². The highest BCUT2D eigenvalue weighted by molar-refractivity contribution is 6.31. The maximum Gasteiger partial charge on any atom is 0.302 e. The van der Waals surface area contributed by atoms with Crippen molar-refractivity contribution in [1.82, 2.24) is 4.98 Å². The maximum atomic E-state index is 10.8. The normalized spacial score (nSPS) is 10.7. The lowest BCUT2D eigenvalue weighted by atomic mass is 10.1. The Bertz CT molecular complexity index is 545. The van der Waals surface area contributed by atoms with E-state index in [-0.39, 0.29) is 5.97 Å². The Hall–Kier alpha value is -1.48. The standard InChI is InChI=1S/C12H12ClNO2/c1-7-11(6-16-8(2)15)10-4-3-9(13)5-12(10)14-7/h3-5,14H,6H2,1-2H3. The van der Waals surface area contributed by atoms with Gasteiger partial charge in [0, 0.05) is 34.1 Å². The molecule has 84 valence electrons. The summed E-state index contributed by atoms with van der Waals surface area (Å²) >= 11 is 5.90. The van der Waals surface area contributed by atoms with Crippen LogP contribution in [0.15, 0.2) is 18.2 Å². The smallest absolute Gasteiger partial charge is 0.302 e. The van der Waals surface area contributed by atoms with Crippen molar-refractivity contribution < 1.29 is 9.53 Å². The molecule has 0 fully saturated rings. The lowest BCUT2D eigenvalue weighted by Gasteiger charge is -2.01. The summed E-state index contributed by atoms with van der Waals surface area (Å²) in [6.07, 6.45) is 0. The number of H-pyrrole nitrogens is 1. The van der Waals surface area contributed by atoms with E-state index < -0.39 is 0 Å². The van der Waals surface area contributed by atoms with Crippen molar-refractivity contribution in [3.63, 3.8) is 0 Å². The van der Waals surface area contributed by atoms with E-state index in [4.69, 9.17) is 16.3 Å². The van der Waals surface area contributed by atoms with Gasteiger partial charge in [-0.05, 0) is 19.1 Å². The van der Waals surface area contributed by atoms with E-state index in [9.17, 15) is 4.79 Å². The van der Waals surface area contributed by atoms with E-state index >= 15 is 0 Å². The van der Waals surface area contributed by atoms with E-state index in [1.54, 1.807) is 0 Å². The van der Waals surface area contributed by atoms with Gasteiger partial charge < -0.3 is 9.72 Å². The molecule has 1 N–H and O–H groups in total. The van der Waals surface area contributed by atoms with Crippen molar-refractivity contribution in [1.29, 1.82) is 0 Å². The second-order valence-corrected chi connectivity index (χ2v) is 4.14. The van der Waals surface area contributed by atoms with Crippen molar-refractivity contribution in [2.75, 3.05) is 0 Å². The zero-order chi connectivity index (χ0) is 11.7. The number of halogens is 1. The molecule has 0 aliphatic carbocycles. The third-order valence-corrected chi connectivity index (χ3v) is 2.74. The molecule has 1 aromatic carbocycles.